The normalized spacial score (nSPS) is 12.7. The maximum absolute atomic E-state index is 12.2. The van der Waals surface area contributed by atoms with E-state index in [9.17, 15) is 4.79 Å². The molecule has 0 N–H and O–H groups in total. The smallest absolute Gasteiger partial charge is 0.316 e. The number of hydrogen-bond donors (Lipinski definition) is 0. The van der Waals surface area contributed by atoms with Gasteiger partial charge in [-0.15, -0.1) is 0 Å². The SMILES string of the molecule is CCC(C)(C)C(=O)Oc1ccc(OC(OCc2ccccc2)C(C)C)cc1. The Bertz CT molecular complexity index is 705. The summed E-state index contributed by atoms with van der Waals surface area (Å²) in [5.74, 6) is 1.15. The molecule has 0 aliphatic heterocycles. The van der Waals surface area contributed by atoms with Crippen molar-refractivity contribution in [2.24, 2.45) is 11.3 Å². The van der Waals surface area contributed by atoms with Crippen LogP contribution in [-0.2, 0) is 16.1 Å². The summed E-state index contributed by atoms with van der Waals surface area (Å²) in [5, 5.41) is 0. The zero-order valence-electron chi connectivity index (χ0n) is 16.9. The first-order chi connectivity index (χ1) is 12.8. The lowest BCUT2D eigenvalue weighted by Gasteiger charge is -2.23. The zero-order valence-corrected chi connectivity index (χ0v) is 16.9. The molecule has 2 aromatic rings. The summed E-state index contributed by atoms with van der Waals surface area (Å²) in [5.41, 5.74) is 0.607. The van der Waals surface area contributed by atoms with Gasteiger partial charge in [-0.25, -0.2) is 0 Å². The molecule has 1 atom stereocenters. The van der Waals surface area contributed by atoms with Crippen LogP contribution < -0.4 is 9.47 Å². The average Bonchev–Trinajstić information content (AvgIpc) is 2.67. The first-order valence-electron chi connectivity index (χ1n) is 9.46. The van der Waals surface area contributed by atoms with Crippen LogP contribution in [0.3, 0.4) is 0 Å². The van der Waals surface area contributed by atoms with Crippen molar-refractivity contribution in [1.29, 1.82) is 0 Å². The maximum atomic E-state index is 12.2. The molecule has 0 aliphatic rings. The first-order valence-corrected chi connectivity index (χ1v) is 9.46. The highest BCUT2D eigenvalue weighted by Crippen LogP contribution is 2.26. The number of carbonyl (C=O) groups excluding carboxylic acids is 1. The first kappa shape index (κ1) is 21.0. The van der Waals surface area contributed by atoms with Crippen molar-refractivity contribution in [2.45, 2.75) is 53.9 Å². The summed E-state index contributed by atoms with van der Waals surface area (Å²) >= 11 is 0. The van der Waals surface area contributed by atoms with Gasteiger partial charge < -0.3 is 14.2 Å². The molecule has 2 aromatic carbocycles. The quantitative estimate of drug-likeness (QED) is 0.327. The van der Waals surface area contributed by atoms with E-state index in [1.807, 2.05) is 51.1 Å². The number of esters is 1. The van der Waals surface area contributed by atoms with Crippen LogP contribution in [0.15, 0.2) is 54.6 Å². The van der Waals surface area contributed by atoms with Crippen molar-refractivity contribution in [3.8, 4) is 11.5 Å². The Balaban J connectivity index is 1.95. The summed E-state index contributed by atoms with van der Waals surface area (Å²) in [7, 11) is 0. The molecule has 0 amide bonds. The number of hydrogen-bond acceptors (Lipinski definition) is 4. The van der Waals surface area contributed by atoms with Crippen LogP contribution in [0.5, 0.6) is 11.5 Å². The van der Waals surface area contributed by atoms with Gasteiger partial charge in [0.15, 0.2) is 0 Å². The van der Waals surface area contributed by atoms with Crippen LogP contribution in [-0.4, -0.2) is 12.3 Å². The van der Waals surface area contributed by atoms with Crippen LogP contribution in [0.4, 0.5) is 0 Å². The highest BCUT2D eigenvalue weighted by molar-refractivity contribution is 5.78. The van der Waals surface area contributed by atoms with Gasteiger partial charge in [-0.05, 0) is 50.1 Å². The van der Waals surface area contributed by atoms with Crippen molar-refractivity contribution in [3.05, 3.63) is 60.2 Å². The molecular formula is C23H30O4. The fourth-order valence-corrected chi connectivity index (χ4v) is 2.23. The van der Waals surface area contributed by atoms with Gasteiger partial charge in [0.05, 0.1) is 12.0 Å². The van der Waals surface area contributed by atoms with Crippen molar-refractivity contribution in [1.82, 2.24) is 0 Å². The van der Waals surface area contributed by atoms with Crippen molar-refractivity contribution >= 4 is 5.97 Å². The Hall–Kier alpha value is -2.33. The third-order valence-corrected chi connectivity index (χ3v) is 4.52. The predicted octanol–water partition coefficient (Wildman–Crippen LogP) is 5.61. The largest absolute Gasteiger partial charge is 0.465 e. The van der Waals surface area contributed by atoms with Crippen molar-refractivity contribution in [3.63, 3.8) is 0 Å². The molecule has 0 saturated heterocycles. The minimum absolute atomic E-state index is 0.191. The van der Waals surface area contributed by atoms with Gasteiger partial charge in [-0.1, -0.05) is 51.1 Å². The highest BCUT2D eigenvalue weighted by atomic mass is 16.7. The molecule has 0 heterocycles. The molecule has 0 bridgehead atoms. The Morgan fingerprint density at radius 2 is 1.56 bits per heavy atom. The van der Waals surface area contributed by atoms with Crippen LogP contribution in [0.25, 0.3) is 0 Å². The fraction of sp³-hybridized carbons (Fsp3) is 0.435. The monoisotopic (exact) mass is 370 g/mol. The van der Waals surface area contributed by atoms with Crippen LogP contribution >= 0.6 is 0 Å². The Kier molecular flexibility index (Phi) is 7.43. The lowest BCUT2D eigenvalue weighted by molar-refractivity contribution is -0.144. The molecule has 0 aromatic heterocycles. The molecule has 4 heteroatoms. The zero-order chi connectivity index (χ0) is 19.9. The summed E-state index contributed by atoms with van der Waals surface area (Å²) in [6.07, 6.45) is 0.361. The van der Waals surface area contributed by atoms with E-state index in [1.54, 1.807) is 24.3 Å². The average molecular weight is 370 g/mol. The van der Waals surface area contributed by atoms with Crippen LogP contribution in [0, 0.1) is 11.3 Å². The van der Waals surface area contributed by atoms with E-state index in [1.165, 1.54) is 0 Å². The third kappa shape index (κ3) is 6.40. The van der Waals surface area contributed by atoms with E-state index in [0.717, 1.165) is 12.0 Å². The van der Waals surface area contributed by atoms with Gasteiger partial charge >= 0.3 is 5.97 Å². The second-order valence-corrected chi connectivity index (χ2v) is 7.63. The number of carbonyl (C=O) groups is 1. The highest BCUT2D eigenvalue weighted by Gasteiger charge is 2.27. The van der Waals surface area contributed by atoms with Crippen molar-refractivity contribution < 1.29 is 19.0 Å². The van der Waals surface area contributed by atoms with Crippen molar-refractivity contribution in [2.75, 3.05) is 0 Å². The van der Waals surface area contributed by atoms with Gasteiger partial charge in [-0.2, -0.15) is 0 Å². The molecular weight excluding hydrogens is 340 g/mol. The van der Waals surface area contributed by atoms with E-state index in [4.69, 9.17) is 14.2 Å². The van der Waals surface area contributed by atoms with E-state index in [-0.39, 0.29) is 18.2 Å². The second kappa shape index (κ2) is 9.56. The van der Waals surface area contributed by atoms with Gasteiger partial charge in [0.25, 0.3) is 0 Å². The third-order valence-electron chi connectivity index (χ3n) is 4.52. The molecule has 27 heavy (non-hydrogen) atoms. The molecule has 4 nitrogen and oxygen atoms in total. The van der Waals surface area contributed by atoms with E-state index in [0.29, 0.717) is 18.1 Å². The topological polar surface area (TPSA) is 44.8 Å². The molecule has 0 saturated carbocycles. The Morgan fingerprint density at radius 1 is 0.963 bits per heavy atom. The summed E-state index contributed by atoms with van der Waals surface area (Å²) in [6, 6.07) is 17.1. The predicted molar refractivity (Wildman–Crippen MR) is 107 cm³/mol. The standard InChI is InChI=1S/C23H30O4/c1-6-23(4,5)22(24)27-20-14-12-19(13-15-20)26-21(17(2)3)25-16-18-10-8-7-9-11-18/h7-15,17,21H,6,16H2,1-5H3. The molecule has 0 spiro atoms. The Morgan fingerprint density at radius 3 is 2.11 bits per heavy atom. The minimum Gasteiger partial charge on any atom is -0.465 e. The van der Waals surface area contributed by atoms with Gasteiger partial charge in [0, 0.05) is 5.92 Å². The number of rotatable bonds is 9. The molecule has 0 fully saturated rings. The molecule has 0 radical (unpaired) electrons. The van der Waals surface area contributed by atoms with Gasteiger partial charge in [0.1, 0.15) is 11.5 Å². The van der Waals surface area contributed by atoms with E-state index >= 15 is 0 Å². The van der Waals surface area contributed by atoms with Gasteiger partial charge in [-0.3, -0.25) is 4.79 Å². The van der Waals surface area contributed by atoms with E-state index in [2.05, 4.69) is 13.8 Å². The maximum Gasteiger partial charge on any atom is 0.316 e. The fourth-order valence-electron chi connectivity index (χ4n) is 2.23. The summed E-state index contributed by atoms with van der Waals surface area (Å²) < 4.78 is 17.4. The number of ether oxygens (including phenoxy) is 3. The van der Waals surface area contributed by atoms with Crippen LogP contribution in [0.2, 0.25) is 0 Å². The van der Waals surface area contributed by atoms with Crippen LogP contribution in [0.1, 0.15) is 46.6 Å². The lowest BCUT2D eigenvalue weighted by atomic mass is 9.91. The molecule has 2 rings (SSSR count). The Labute approximate surface area is 162 Å². The molecule has 1 unspecified atom stereocenters. The lowest BCUT2D eigenvalue weighted by Crippen LogP contribution is -2.28. The summed E-state index contributed by atoms with van der Waals surface area (Å²) in [4.78, 5) is 12.2. The minimum atomic E-state index is -0.497. The van der Waals surface area contributed by atoms with Gasteiger partial charge in [0.2, 0.25) is 6.29 Å². The second-order valence-electron chi connectivity index (χ2n) is 7.63. The molecule has 146 valence electrons. The summed E-state index contributed by atoms with van der Waals surface area (Å²) in [6.45, 7) is 10.3. The van der Waals surface area contributed by atoms with E-state index < -0.39 is 5.41 Å². The molecule has 0 aliphatic carbocycles. The number of benzene rings is 2.